The summed E-state index contributed by atoms with van der Waals surface area (Å²) in [6, 6.07) is 9.18. The van der Waals surface area contributed by atoms with Gasteiger partial charge in [-0.15, -0.1) is 0 Å². The van der Waals surface area contributed by atoms with E-state index in [4.69, 9.17) is 11.6 Å². The molecular weight excluding hydrogens is 413 g/mol. The second kappa shape index (κ2) is 7.70. The molecule has 2 aliphatic heterocycles. The van der Waals surface area contributed by atoms with Gasteiger partial charge in [-0.05, 0) is 42.3 Å². The van der Waals surface area contributed by atoms with Crippen molar-refractivity contribution in [2.75, 3.05) is 16.8 Å². The van der Waals surface area contributed by atoms with Crippen molar-refractivity contribution < 1.29 is 23.9 Å². The van der Waals surface area contributed by atoms with Crippen molar-refractivity contribution in [3.8, 4) is 0 Å². The number of aliphatic hydroxyl groups is 1. The van der Waals surface area contributed by atoms with Crippen LogP contribution in [0.2, 0.25) is 5.02 Å². The molecule has 1 saturated heterocycles. The number of halogens is 2. The van der Waals surface area contributed by atoms with Crippen LogP contribution in [0.3, 0.4) is 0 Å². The van der Waals surface area contributed by atoms with Gasteiger partial charge < -0.3 is 20.6 Å². The van der Waals surface area contributed by atoms with E-state index in [1.807, 2.05) is 0 Å². The summed E-state index contributed by atoms with van der Waals surface area (Å²) in [4.78, 5) is 38.3. The van der Waals surface area contributed by atoms with Gasteiger partial charge in [-0.25, -0.2) is 4.39 Å². The number of benzene rings is 2. The van der Waals surface area contributed by atoms with Crippen LogP contribution in [0.25, 0.3) is 0 Å². The van der Waals surface area contributed by atoms with Gasteiger partial charge in [-0.2, -0.15) is 0 Å². The molecule has 2 heterocycles. The van der Waals surface area contributed by atoms with E-state index in [1.54, 1.807) is 18.2 Å². The second-order valence-electron chi connectivity index (χ2n) is 7.38. The number of hydrogen-bond donors (Lipinski definition) is 3. The molecule has 7 nitrogen and oxygen atoms in total. The maximum absolute atomic E-state index is 13.9. The number of hydrogen-bond acceptors (Lipinski definition) is 4. The zero-order valence-corrected chi connectivity index (χ0v) is 16.6. The van der Waals surface area contributed by atoms with E-state index < -0.39 is 23.2 Å². The zero-order chi connectivity index (χ0) is 21.5. The summed E-state index contributed by atoms with van der Waals surface area (Å²) in [5.74, 6) is -2.27. The van der Waals surface area contributed by atoms with Crippen molar-refractivity contribution in [1.82, 2.24) is 5.32 Å². The molecule has 1 fully saturated rings. The Balaban J connectivity index is 1.47. The topological polar surface area (TPSA) is 98.7 Å². The highest BCUT2D eigenvalue weighted by molar-refractivity contribution is 6.30. The number of anilines is 2. The number of nitrogens with zero attached hydrogens (tertiary/aromatic N) is 1. The van der Waals surface area contributed by atoms with Gasteiger partial charge >= 0.3 is 0 Å². The van der Waals surface area contributed by atoms with Crippen LogP contribution in [0.15, 0.2) is 36.4 Å². The predicted molar refractivity (Wildman–Crippen MR) is 109 cm³/mol. The fourth-order valence-corrected chi connectivity index (χ4v) is 3.85. The maximum atomic E-state index is 13.9. The minimum atomic E-state index is -2.23. The Bertz CT molecular complexity index is 1060. The van der Waals surface area contributed by atoms with Crippen LogP contribution in [-0.4, -0.2) is 35.0 Å². The molecule has 2 aliphatic rings. The predicted octanol–water partition coefficient (Wildman–Crippen LogP) is 2.15. The first-order valence-corrected chi connectivity index (χ1v) is 9.85. The van der Waals surface area contributed by atoms with Crippen molar-refractivity contribution >= 4 is 40.7 Å². The van der Waals surface area contributed by atoms with Crippen LogP contribution in [-0.2, 0) is 27.3 Å². The van der Waals surface area contributed by atoms with Gasteiger partial charge in [0, 0.05) is 47.9 Å². The molecule has 9 heteroatoms. The van der Waals surface area contributed by atoms with Crippen LogP contribution in [0.5, 0.6) is 0 Å². The lowest BCUT2D eigenvalue weighted by molar-refractivity contribution is -0.149. The third-order valence-electron chi connectivity index (χ3n) is 5.42. The van der Waals surface area contributed by atoms with Crippen molar-refractivity contribution in [2.45, 2.75) is 31.4 Å². The fourth-order valence-electron chi connectivity index (χ4n) is 3.69. The summed E-state index contributed by atoms with van der Waals surface area (Å²) in [5, 5.41) is 16.2. The molecule has 1 atom stereocenters. The third kappa shape index (κ3) is 3.64. The van der Waals surface area contributed by atoms with Crippen LogP contribution in [0.1, 0.15) is 24.0 Å². The lowest BCUT2D eigenvalue weighted by atomic mass is 10.0. The minimum absolute atomic E-state index is 0.0596. The minimum Gasteiger partial charge on any atom is -0.372 e. The normalized spacial score (nSPS) is 20.7. The number of aryl methyl sites for hydroxylation is 1. The molecule has 156 valence electrons. The number of carbonyl (C=O) groups excluding carboxylic acids is 3. The molecule has 0 radical (unpaired) electrons. The summed E-state index contributed by atoms with van der Waals surface area (Å²) < 4.78 is 13.9. The molecule has 0 unspecified atom stereocenters. The van der Waals surface area contributed by atoms with Gasteiger partial charge in [0.25, 0.3) is 11.8 Å². The number of amides is 3. The molecule has 0 bridgehead atoms. The van der Waals surface area contributed by atoms with E-state index in [9.17, 15) is 23.9 Å². The molecule has 0 saturated carbocycles. The molecule has 0 spiro atoms. The highest BCUT2D eigenvalue weighted by atomic mass is 35.5. The molecule has 3 N–H and O–H groups in total. The van der Waals surface area contributed by atoms with Gasteiger partial charge in [-0.3, -0.25) is 14.4 Å². The highest BCUT2D eigenvalue weighted by Gasteiger charge is 2.51. The van der Waals surface area contributed by atoms with Gasteiger partial charge in [-0.1, -0.05) is 17.7 Å². The Kier molecular flexibility index (Phi) is 5.21. The summed E-state index contributed by atoms with van der Waals surface area (Å²) in [5.41, 5.74) is 0.0860. The Labute approximate surface area is 176 Å². The smallest absolute Gasteiger partial charge is 0.268 e. The van der Waals surface area contributed by atoms with Crippen molar-refractivity contribution in [3.63, 3.8) is 0 Å². The van der Waals surface area contributed by atoms with Crippen molar-refractivity contribution in [1.29, 1.82) is 0 Å². The first-order chi connectivity index (χ1) is 14.3. The molecule has 0 aromatic heterocycles. The fraction of sp³-hybridized carbons (Fsp3) is 0.286. The number of nitrogens with one attached hydrogen (secondary N) is 2. The largest absolute Gasteiger partial charge is 0.372 e. The number of rotatable bonds is 4. The Morgan fingerprint density at radius 3 is 2.80 bits per heavy atom. The SMILES string of the molecule is O=C1CCc2cc(N3CC[C@](O)(C(=O)NCc4ccc(Cl)cc4F)C3=O)ccc2N1. The summed E-state index contributed by atoms with van der Waals surface area (Å²) in [7, 11) is 0. The summed E-state index contributed by atoms with van der Waals surface area (Å²) in [6.07, 6.45) is 0.820. The molecule has 30 heavy (non-hydrogen) atoms. The van der Waals surface area contributed by atoms with Gasteiger partial charge in [0.15, 0.2) is 0 Å². The van der Waals surface area contributed by atoms with Crippen molar-refractivity contribution in [2.24, 2.45) is 0 Å². The standard InChI is InChI=1S/C21H19ClFN3O4/c22-14-3-1-13(16(23)10-14)11-24-19(28)21(30)7-8-26(20(21)29)15-4-5-17-12(9-15)2-6-18(27)25-17/h1,3-5,9-10,30H,2,6-8,11H2,(H,24,28)(H,25,27)/t21-/m0/s1. The second-order valence-corrected chi connectivity index (χ2v) is 7.81. The molecule has 2 aromatic carbocycles. The zero-order valence-electron chi connectivity index (χ0n) is 15.9. The van der Waals surface area contributed by atoms with Crippen LogP contribution in [0.4, 0.5) is 15.8 Å². The molecule has 3 amide bonds. The maximum Gasteiger partial charge on any atom is 0.268 e. The average molecular weight is 432 g/mol. The highest BCUT2D eigenvalue weighted by Crippen LogP contribution is 2.33. The van der Waals surface area contributed by atoms with E-state index in [1.165, 1.54) is 17.0 Å². The van der Waals surface area contributed by atoms with Gasteiger partial charge in [0.1, 0.15) is 5.82 Å². The molecule has 4 rings (SSSR count). The van der Waals surface area contributed by atoms with Crippen LogP contribution in [0, 0.1) is 5.82 Å². The number of fused-ring (bicyclic) bond motifs is 1. The van der Waals surface area contributed by atoms with Crippen molar-refractivity contribution in [3.05, 3.63) is 58.4 Å². The van der Waals surface area contributed by atoms with Gasteiger partial charge in [0.05, 0.1) is 0 Å². The monoisotopic (exact) mass is 431 g/mol. The van der Waals surface area contributed by atoms with Gasteiger partial charge in [0.2, 0.25) is 11.5 Å². The van der Waals surface area contributed by atoms with Crippen LogP contribution >= 0.6 is 11.6 Å². The first kappa shape index (κ1) is 20.3. The van der Waals surface area contributed by atoms with E-state index in [0.29, 0.717) is 24.2 Å². The van der Waals surface area contributed by atoms with E-state index >= 15 is 0 Å². The Morgan fingerprint density at radius 1 is 1.23 bits per heavy atom. The van der Waals surface area contributed by atoms with E-state index in [-0.39, 0.29) is 36.0 Å². The van der Waals surface area contributed by atoms with Crippen LogP contribution < -0.4 is 15.5 Å². The van der Waals surface area contributed by atoms with E-state index in [2.05, 4.69) is 10.6 Å². The molecular formula is C21H19ClFN3O4. The average Bonchev–Trinajstić information content (AvgIpc) is 3.02. The lowest BCUT2D eigenvalue weighted by Gasteiger charge is -2.24. The Morgan fingerprint density at radius 2 is 2.03 bits per heavy atom. The number of carbonyl (C=O) groups is 3. The summed E-state index contributed by atoms with van der Waals surface area (Å²) >= 11 is 5.71. The summed E-state index contributed by atoms with van der Waals surface area (Å²) in [6.45, 7) is -0.0286. The Hall–Kier alpha value is -2.97. The molecule has 2 aromatic rings. The first-order valence-electron chi connectivity index (χ1n) is 9.47. The third-order valence-corrected chi connectivity index (χ3v) is 5.66. The van der Waals surface area contributed by atoms with E-state index in [0.717, 1.165) is 11.6 Å². The molecule has 0 aliphatic carbocycles. The lowest BCUT2D eigenvalue weighted by Crippen LogP contribution is -2.52. The quantitative estimate of drug-likeness (QED) is 0.646.